The van der Waals surface area contributed by atoms with Crippen molar-refractivity contribution in [1.29, 1.82) is 0 Å². The van der Waals surface area contributed by atoms with Gasteiger partial charge in [0.2, 0.25) is 11.8 Å². The number of nitrogens with zero attached hydrogens (tertiary/aromatic N) is 6. The molecule has 2 N–H and O–H groups in total. The molecule has 4 amide bonds. The number of amides is 4. The van der Waals surface area contributed by atoms with Crippen LogP contribution >= 0.6 is 0 Å². The van der Waals surface area contributed by atoms with Crippen molar-refractivity contribution < 1.29 is 42.2 Å². The van der Waals surface area contributed by atoms with Crippen molar-refractivity contribution >= 4 is 46.2 Å². The van der Waals surface area contributed by atoms with E-state index in [1.165, 1.54) is 14.8 Å². The quantitative estimate of drug-likeness (QED) is 0.140. The molecule has 4 aliphatic rings. The number of likely N-dealkylation sites (tertiary alicyclic amines) is 1. The molecule has 0 saturated carbocycles. The molecule has 5 atom stereocenters. The molecule has 2 aromatic heterocycles. The van der Waals surface area contributed by atoms with Gasteiger partial charge in [-0.1, -0.05) is 58.0 Å². The van der Waals surface area contributed by atoms with Gasteiger partial charge in [0.15, 0.2) is 0 Å². The number of aliphatic imine (C=N–C) groups is 1. The van der Waals surface area contributed by atoms with E-state index in [-0.39, 0.29) is 56.3 Å². The molecule has 4 aromatic rings. The summed E-state index contributed by atoms with van der Waals surface area (Å²) in [4.78, 5) is 81.8. The molecule has 8 rings (SSSR count). The van der Waals surface area contributed by atoms with Gasteiger partial charge in [0.25, 0.3) is 17.7 Å². The molecular weight excluding hydrogens is 923 g/mol. The zero-order chi connectivity index (χ0) is 51.6. The molecule has 72 heavy (non-hydrogen) atoms. The van der Waals surface area contributed by atoms with Gasteiger partial charge in [-0.15, -0.1) is 0 Å². The van der Waals surface area contributed by atoms with Crippen molar-refractivity contribution in [1.82, 2.24) is 35.1 Å². The third kappa shape index (κ3) is 11.1. The number of benzene rings is 2. The summed E-state index contributed by atoms with van der Waals surface area (Å²) >= 11 is 0. The lowest BCUT2D eigenvalue weighted by Crippen LogP contribution is -2.62. The van der Waals surface area contributed by atoms with E-state index in [1.54, 1.807) is 20.4 Å². The van der Waals surface area contributed by atoms with Crippen molar-refractivity contribution in [3.63, 3.8) is 0 Å². The Hall–Kier alpha value is -6.51. The summed E-state index contributed by atoms with van der Waals surface area (Å²) < 4.78 is 41.5. The fourth-order valence-electron chi connectivity index (χ4n) is 10.6. The van der Waals surface area contributed by atoms with E-state index in [0.717, 1.165) is 50.1 Å². The minimum atomic E-state index is -2.97. The second-order valence-electron chi connectivity index (χ2n) is 20.8. The number of hydrogen-bond acceptors (Lipinski definition) is 10. The highest BCUT2D eigenvalue weighted by Gasteiger charge is 2.41. The molecule has 0 aliphatic carbocycles. The van der Waals surface area contributed by atoms with E-state index < -0.39 is 72.0 Å². The van der Waals surface area contributed by atoms with Gasteiger partial charge in [-0.25, -0.2) is 14.2 Å². The number of aromatic nitrogens is 2. The lowest BCUT2D eigenvalue weighted by molar-refractivity contribution is -0.155. The number of aryl methyl sites for hydroxylation is 1. The van der Waals surface area contributed by atoms with Crippen molar-refractivity contribution in [2.24, 2.45) is 22.2 Å². The van der Waals surface area contributed by atoms with E-state index in [4.69, 9.17) is 14.5 Å². The molecule has 17 heteroatoms. The summed E-state index contributed by atoms with van der Waals surface area (Å²) in [5.41, 5.74) is 10.2. The van der Waals surface area contributed by atoms with Gasteiger partial charge >= 0.3 is 5.97 Å². The minimum Gasteiger partial charge on any atom is -0.464 e. The van der Waals surface area contributed by atoms with E-state index in [2.05, 4.69) is 77.2 Å². The van der Waals surface area contributed by atoms with Crippen molar-refractivity contribution in [2.45, 2.75) is 117 Å². The predicted octanol–water partition coefficient (Wildman–Crippen LogP) is 6.56. The molecule has 0 unspecified atom stereocenters. The number of halogens is 2. The highest BCUT2D eigenvalue weighted by Crippen LogP contribution is 2.42. The molecular formula is C55H66F2N8O7. The summed E-state index contributed by atoms with van der Waals surface area (Å²) in [7, 11) is 3.22. The van der Waals surface area contributed by atoms with Crippen molar-refractivity contribution in [2.75, 3.05) is 46.9 Å². The number of pyridine rings is 1. The first-order valence-electron chi connectivity index (χ1n) is 25.0. The number of fused-ring (bicyclic) bond motifs is 6. The van der Waals surface area contributed by atoms with E-state index in [0.29, 0.717) is 32.2 Å². The minimum absolute atomic E-state index is 0.0322. The summed E-state index contributed by atoms with van der Waals surface area (Å²) in [5.74, 6) is -1.55. The average molecular weight is 989 g/mol. The zero-order valence-electron chi connectivity index (χ0n) is 42.5. The monoisotopic (exact) mass is 989 g/mol. The topological polar surface area (TPSA) is 168 Å². The Balaban J connectivity index is 1.11. The number of ether oxygens (including phenoxy) is 2. The number of likely N-dealkylation sites (N-methyl/N-ethyl adjacent to an activating group) is 1. The van der Waals surface area contributed by atoms with Crippen LogP contribution in [0.5, 0.6) is 0 Å². The molecule has 6 bridgehead atoms. The Labute approximate surface area is 420 Å². The summed E-state index contributed by atoms with van der Waals surface area (Å²) in [6, 6.07) is 15.5. The third-order valence-electron chi connectivity index (χ3n) is 14.4. The largest absolute Gasteiger partial charge is 0.464 e. The number of cyclic esters (lactones) is 1. The van der Waals surface area contributed by atoms with Gasteiger partial charge in [0.1, 0.15) is 24.7 Å². The van der Waals surface area contributed by atoms with Gasteiger partial charge in [-0.2, -0.15) is 0 Å². The maximum atomic E-state index is 14.8. The van der Waals surface area contributed by atoms with Crippen LogP contribution in [0.25, 0.3) is 33.3 Å². The van der Waals surface area contributed by atoms with Gasteiger partial charge in [-0.3, -0.25) is 39.0 Å². The molecule has 4 aliphatic heterocycles. The first-order chi connectivity index (χ1) is 34.3. The van der Waals surface area contributed by atoms with Crippen LogP contribution in [0.15, 0.2) is 65.8 Å². The maximum Gasteiger partial charge on any atom is 0.324 e. The number of alkyl halides is 2. The molecule has 15 nitrogen and oxygen atoms in total. The number of hydrogen-bond donors (Lipinski definition) is 2. The summed E-state index contributed by atoms with van der Waals surface area (Å²) in [5, 5.41) is 5.48. The second-order valence-corrected chi connectivity index (χ2v) is 20.8. The number of esters is 1. The van der Waals surface area contributed by atoms with E-state index in [9.17, 15) is 32.8 Å². The Morgan fingerprint density at radius 1 is 1.03 bits per heavy atom. The lowest BCUT2D eigenvalue weighted by atomic mass is 9.84. The van der Waals surface area contributed by atoms with Crippen LogP contribution in [0, 0.1) is 29.1 Å². The van der Waals surface area contributed by atoms with Crippen LogP contribution in [0.3, 0.4) is 0 Å². The van der Waals surface area contributed by atoms with Crippen LogP contribution in [0.1, 0.15) is 90.2 Å². The number of hydrazine groups is 1. The van der Waals surface area contributed by atoms with Gasteiger partial charge in [-0.05, 0) is 97.9 Å². The smallest absolute Gasteiger partial charge is 0.324 e. The predicted molar refractivity (Wildman–Crippen MR) is 269 cm³/mol. The van der Waals surface area contributed by atoms with Crippen LogP contribution in [0.2, 0.25) is 0 Å². The standard InChI is InChI=1S/C55H66F2N8O7/c1-9-64-45-19-17-37-27-41(45)42(49(64)40-15-11-22-58-47(40)34(4)71-8)29-54(5,6)32-72-53(70)43-16-12-23-65(61-43)52(69)44(26-35-13-10-14-36(37)25-35)60-50(67)48(33(2)3)62(7)51(68)38-21-24-63(30-38)46(66)20-18-39-28-55(56,57)31-59-39/h10-11,13-15,17,19,22,25,27,33-34,38,43-44,48,61H,9,12,16,21,23-24,26,28-32H2,1-8H3,(H,60,67)/t34-,38-,43-,44-,48-/m0/s1. The van der Waals surface area contributed by atoms with Gasteiger partial charge in [0.05, 0.1) is 42.1 Å². The third-order valence-corrected chi connectivity index (χ3v) is 14.4. The number of carbonyl (C=O) groups is 5. The molecule has 6 heterocycles. The SMILES string of the molecule is CCn1c(-c2cccnc2[C@H](C)OC)c2c3cc(ccc31)-c1cccc(c1)C[C@H](NC(=O)[C@H](C(C)C)N(C)C(=O)[C@H]1CCN(C(=O)C#CC3=NCC(F)(F)C3)C1)C(=O)N1CCC[C@H](N1)C(=O)OCC(C)(C)C2. The molecule has 0 spiro atoms. The van der Waals surface area contributed by atoms with Crippen molar-refractivity contribution in [3.8, 4) is 34.2 Å². The number of methoxy groups -OCH3 is 1. The second kappa shape index (κ2) is 21.3. The van der Waals surface area contributed by atoms with Crippen molar-refractivity contribution in [3.05, 3.63) is 77.6 Å². The first kappa shape index (κ1) is 51.8. The normalized spacial score (nSPS) is 21.8. The van der Waals surface area contributed by atoms with E-state index >= 15 is 0 Å². The fraction of sp³-hybridized carbons (Fsp3) is 0.509. The maximum absolute atomic E-state index is 14.8. The Morgan fingerprint density at radius 2 is 1.81 bits per heavy atom. The molecule has 0 radical (unpaired) electrons. The van der Waals surface area contributed by atoms with Crippen LogP contribution in [-0.2, 0) is 52.8 Å². The van der Waals surface area contributed by atoms with Gasteiger partial charge < -0.3 is 29.2 Å². The summed E-state index contributed by atoms with van der Waals surface area (Å²) in [6.07, 6.45) is 2.82. The lowest BCUT2D eigenvalue weighted by Gasteiger charge is -2.37. The number of carbonyl (C=O) groups excluding carboxylic acids is 5. The highest BCUT2D eigenvalue weighted by atomic mass is 19.3. The molecule has 2 aromatic carbocycles. The average Bonchev–Trinajstić information content (AvgIpc) is 4.08. The Bertz CT molecular complexity index is 2850. The molecule has 2 fully saturated rings. The molecule has 2 saturated heterocycles. The van der Waals surface area contributed by atoms with Gasteiger partial charge in [0, 0.05) is 80.8 Å². The van der Waals surface area contributed by atoms with E-state index in [1.807, 2.05) is 51.1 Å². The fourth-order valence-corrected chi connectivity index (χ4v) is 10.6. The Morgan fingerprint density at radius 3 is 2.53 bits per heavy atom. The highest BCUT2D eigenvalue weighted by molar-refractivity contribution is 6.07. The Kier molecular flexibility index (Phi) is 15.3. The van der Waals surface area contributed by atoms with Crippen LogP contribution < -0.4 is 10.7 Å². The van der Waals surface area contributed by atoms with Crippen LogP contribution in [0.4, 0.5) is 8.78 Å². The number of nitrogens with one attached hydrogen (secondary N) is 2. The zero-order valence-corrected chi connectivity index (χ0v) is 42.5. The summed E-state index contributed by atoms with van der Waals surface area (Å²) in [6.45, 7) is 12.6. The number of rotatable bonds is 9. The van der Waals surface area contributed by atoms with Crippen LogP contribution in [-0.4, -0.2) is 131 Å². The first-order valence-corrected chi connectivity index (χ1v) is 25.0. The molecule has 382 valence electrons.